The number of carbonyl (C=O) groups is 1. The number of rotatable bonds is 11. The number of pyridine rings is 1. The van der Waals surface area contributed by atoms with Gasteiger partial charge in [-0.05, 0) is 52.5 Å². The van der Waals surface area contributed by atoms with Gasteiger partial charge in [-0.3, -0.25) is 4.79 Å². The minimum Gasteiger partial charge on any atom is -0.475 e. The average molecular weight is 437 g/mol. The molecule has 2 atom stereocenters. The van der Waals surface area contributed by atoms with E-state index in [0.717, 1.165) is 31.4 Å². The van der Waals surface area contributed by atoms with Crippen LogP contribution < -0.4 is 9.64 Å². The van der Waals surface area contributed by atoms with Crippen LogP contribution in [0.25, 0.3) is 0 Å². The molecule has 2 fully saturated rings. The first kappa shape index (κ1) is 23.8. The van der Waals surface area contributed by atoms with E-state index in [2.05, 4.69) is 9.88 Å². The number of anilines is 1. The van der Waals surface area contributed by atoms with Crippen LogP contribution in [0.3, 0.4) is 0 Å². The first-order chi connectivity index (χ1) is 14.9. The Balaban J connectivity index is 1.48. The van der Waals surface area contributed by atoms with Gasteiger partial charge in [0.15, 0.2) is 0 Å². The van der Waals surface area contributed by atoms with Crippen LogP contribution in [0, 0.1) is 5.92 Å². The van der Waals surface area contributed by atoms with Gasteiger partial charge in [-0.2, -0.15) is 0 Å². The molecule has 0 aromatic carbocycles. The molecule has 8 nitrogen and oxygen atoms in total. The molecule has 2 saturated heterocycles. The lowest BCUT2D eigenvalue weighted by atomic mass is 9.90. The van der Waals surface area contributed by atoms with Gasteiger partial charge in [-0.1, -0.05) is 0 Å². The zero-order chi connectivity index (χ0) is 22.3. The highest BCUT2D eigenvalue weighted by molar-refractivity contribution is 5.74. The maximum atomic E-state index is 12.6. The SMILES string of the molecule is CC(C)(C)OC(=O)C1CC2CCC(C1)N2c1ccnc(OCCOCCOCCO)c1. The van der Waals surface area contributed by atoms with Crippen LogP contribution in [-0.4, -0.2) is 73.4 Å². The molecule has 1 aromatic heterocycles. The molecule has 8 heteroatoms. The molecule has 174 valence electrons. The third-order valence-electron chi connectivity index (χ3n) is 5.58. The molecule has 0 radical (unpaired) electrons. The van der Waals surface area contributed by atoms with Crippen LogP contribution in [0.1, 0.15) is 46.5 Å². The molecule has 0 amide bonds. The van der Waals surface area contributed by atoms with Crippen molar-refractivity contribution in [2.45, 2.75) is 64.1 Å². The fourth-order valence-electron chi connectivity index (χ4n) is 4.41. The Hall–Kier alpha value is -1.90. The third-order valence-corrected chi connectivity index (χ3v) is 5.58. The van der Waals surface area contributed by atoms with E-state index in [-0.39, 0.29) is 18.5 Å². The molecular formula is C23H36N2O6. The van der Waals surface area contributed by atoms with Crippen LogP contribution in [0.2, 0.25) is 0 Å². The quantitative estimate of drug-likeness (QED) is 0.418. The Kier molecular flexibility index (Phi) is 8.51. The van der Waals surface area contributed by atoms with Gasteiger partial charge in [0.05, 0.1) is 39.0 Å². The summed E-state index contributed by atoms with van der Waals surface area (Å²) in [5.41, 5.74) is 0.652. The third kappa shape index (κ3) is 7.05. The van der Waals surface area contributed by atoms with Crippen LogP contribution in [-0.2, 0) is 19.0 Å². The fourth-order valence-corrected chi connectivity index (χ4v) is 4.41. The molecule has 2 aliphatic rings. The minimum absolute atomic E-state index is 0.0194. The number of aliphatic hydroxyl groups is 1. The standard InChI is InChI=1S/C23H36N2O6/c1-23(2,3)31-22(27)17-14-18-4-5-19(15-17)25(18)20-6-7-24-21(16-20)30-13-12-29-11-10-28-9-8-26/h6-7,16-19,26H,4-5,8-15H2,1-3H3. The first-order valence-electron chi connectivity index (χ1n) is 11.2. The highest BCUT2D eigenvalue weighted by atomic mass is 16.6. The highest BCUT2D eigenvalue weighted by Crippen LogP contribution is 2.42. The van der Waals surface area contributed by atoms with Crippen molar-refractivity contribution < 1.29 is 28.8 Å². The van der Waals surface area contributed by atoms with Crippen molar-refractivity contribution in [3.8, 4) is 5.88 Å². The zero-order valence-electron chi connectivity index (χ0n) is 18.9. The summed E-state index contributed by atoms with van der Waals surface area (Å²) in [7, 11) is 0. The molecule has 2 bridgehead atoms. The van der Waals surface area contributed by atoms with Crippen LogP contribution in [0.4, 0.5) is 5.69 Å². The number of carbonyl (C=O) groups excluding carboxylic acids is 1. The van der Waals surface area contributed by atoms with Crippen LogP contribution in [0.5, 0.6) is 5.88 Å². The largest absolute Gasteiger partial charge is 0.475 e. The van der Waals surface area contributed by atoms with Gasteiger partial charge >= 0.3 is 5.97 Å². The van der Waals surface area contributed by atoms with Gasteiger partial charge in [0.1, 0.15) is 12.2 Å². The molecule has 0 spiro atoms. The summed E-state index contributed by atoms with van der Waals surface area (Å²) < 4.78 is 22.0. The maximum Gasteiger partial charge on any atom is 0.309 e. The van der Waals surface area contributed by atoms with E-state index in [9.17, 15) is 4.79 Å². The van der Waals surface area contributed by atoms with Crippen LogP contribution in [0.15, 0.2) is 18.3 Å². The highest BCUT2D eigenvalue weighted by Gasteiger charge is 2.44. The second-order valence-electron chi connectivity index (χ2n) is 9.14. The summed E-state index contributed by atoms with van der Waals surface area (Å²) in [5, 5.41) is 8.65. The topological polar surface area (TPSA) is 90.4 Å². The number of hydrogen-bond acceptors (Lipinski definition) is 8. The van der Waals surface area contributed by atoms with E-state index in [1.54, 1.807) is 6.20 Å². The summed E-state index contributed by atoms with van der Waals surface area (Å²) in [6.07, 6.45) is 5.61. The molecule has 2 aliphatic heterocycles. The van der Waals surface area contributed by atoms with Gasteiger partial charge in [0.25, 0.3) is 0 Å². The number of esters is 1. The van der Waals surface area contributed by atoms with Crippen molar-refractivity contribution in [3.63, 3.8) is 0 Å². The Labute approximate surface area is 184 Å². The lowest BCUT2D eigenvalue weighted by molar-refractivity contribution is -0.161. The van der Waals surface area contributed by atoms with Gasteiger partial charge < -0.3 is 29.0 Å². The van der Waals surface area contributed by atoms with E-state index in [4.69, 9.17) is 24.1 Å². The van der Waals surface area contributed by atoms with Gasteiger partial charge in [0.2, 0.25) is 5.88 Å². The number of piperidine rings is 1. The number of hydrogen-bond donors (Lipinski definition) is 1. The lowest BCUT2D eigenvalue weighted by Gasteiger charge is -2.40. The Morgan fingerprint density at radius 3 is 2.39 bits per heavy atom. The molecule has 3 heterocycles. The number of ether oxygens (including phenoxy) is 4. The monoisotopic (exact) mass is 436 g/mol. The second-order valence-corrected chi connectivity index (χ2v) is 9.14. The van der Waals surface area contributed by atoms with Crippen molar-refractivity contribution in [2.24, 2.45) is 5.92 Å². The predicted molar refractivity (Wildman–Crippen MR) is 116 cm³/mol. The fraction of sp³-hybridized carbons (Fsp3) is 0.739. The molecule has 0 saturated carbocycles. The van der Waals surface area contributed by atoms with Gasteiger partial charge in [-0.25, -0.2) is 4.98 Å². The molecule has 1 aromatic rings. The molecule has 3 rings (SSSR count). The lowest BCUT2D eigenvalue weighted by Crippen LogP contribution is -2.46. The van der Waals surface area contributed by atoms with Crippen LogP contribution >= 0.6 is 0 Å². The van der Waals surface area contributed by atoms with Crippen molar-refractivity contribution >= 4 is 11.7 Å². The smallest absolute Gasteiger partial charge is 0.309 e. The van der Waals surface area contributed by atoms with E-state index in [1.807, 2.05) is 32.9 Å². The van der Waals surface area contributed by atoms with E-state index in [1.165, 1.54) is 0 Å². The number of aliphatic hydroxyl groups excluding tert-OH is 1. The van der Waals surface area contributed by atoms with Crippen molar-refractivity contribution in [1.82, 2.24) is 4.98 Å². The molecular weight excluding hydrogens is 400 g/mol. The first-order valence-corrected chi connectivity index (χ1v) is 11.2. The molecule has 1 N–H and O–H groups in total. The average Bonchev–Trinajstić information content (AvgIpc) is 2.98. The normalized spacial score (nSPS) is 23.1. The molecule has 2 unspecified atom stereocenters. The van der Waals surface area contributed by atoms with E-state index in [0.29, 0.717) is 51.0 Å². The second kappa shape index (κ2) is 11.1. The Morgan fingerprint density at radius 2 is 1.74 bits per heavy atom. The van der Waals surface area contributed by atoms with E-state index >= 15 is 0 Å². The number of aromatic nitrogens is 1. The maximum absolute atomic E-state index is 12.6. The van der Waals surface area contributed by atoms with Crippen molar-refractivity contribution in [3.05, 3.63) is 18.3 Å². The molecule has 0 aliphatic carbocycles. The van der Waals surface area contributed by atoms with Crippen molar-refractivity contribution in [1.29, 1.82) is 0 Å². The Morgan fingerprint density at radius 1 is 1.10 bits per heavy atom. The zero-order valence-corrected chi connectivity index (χ0v) is 18.9. The summed E-state index contributed by atoms with van der Waals surface area (Å²) >= 11 is 0. The van der Waals surface area contributed by atoms with Gasteiger partial charge in [0, 0.05) is 30.0 Å². The summed E-state index contributed by atoms with van der Waals surface area (Å²) in [5.74, 6) is 0.486. The Bertz CT molecular complexity index is 694. The minimum atomic E-state index is -0.444. The summed E-state index contributed by atoms with van der Waals surface area (Å²) in [6, 6.07) is 4.67. The predicted octanol–water partition coefficient (Wildman–Crippen LogP) is 2.58. The van der Waals surface area contributed by atoms with Crippen molar-refractivity contribution in [2.75, 3.05) is 44.5 Å². The van der Waals surface area contributed by atoms with E-state index < -0.39 is 5.60 Å². The summed E-state index contributed by atoms with van der Waals surface area (Å²) in [4.78, 5) is 19.3. The van der Waals surface area contributed by atoms with Gasteiger partial charge in [-0.15, -0.1) is 0 Å². The molecule has 31 heavy (non-hydrogen) atoms. The number of fused-ring (bicyclic) bond motifs is 2. The summed E-state index contributed by atoms with van der Waals surface area (Å²) in [6.45, 7) is 7.88. The number of nitrogens with zero attached hydrogens (tertiary/aromatic N) is 2.